The van der Waals surface area contributed by atoms with Gasteiger partial charge in [-0.3, -0.25) is 9.59 Å². The van der Waals surface area contributed by atoms with Crippen molar-refractivity contribution >= 4 is 18.0 Å². The number of aldehydes is 1. The van der Waals surface area contributed by atoms with Crippen LogP contribution in [-0.2, 0) is 19.1 Å². The second kappa shape index (κ2) is 5.77. The lowest BCUT2D eigenvalue weighted by Crippen LogP contribution is -2.43. The van der Waals surface area contributed by atoms with Crippen LogP contribution in [0, 0.1) is 5.41 Å². The van der Waals surface area contributed by atoms with Crippen molar-refractivity contribution in [3.63, 3.8) is 0 Å². The second-order valence-corrected chi connectivity index (χ2v) is 4.14. The average molecular weight is 226 g/mol. The molecular formula is C12H18O4. The molecule has 1 aliphatic carbocycles. The van der Waals surface area contributed by atoms with Crippen LogP contribution in [0.4, 0.5) is 0 Å². The topological polar surface area (TPSA) is 60.4 Å². The molecule has 0 radical (unpaired) electrons. The highest BCUT2D eigenvalue weighted by atomic mass is 16.5. The van der Waals surface area contributed by atoms with Crippen molar-refractivity contribution in [1.29, 1.82) is 0 Å². The molecule has 0 aliphatic heterocycles. The van der Waals surface area contributed by atoms with Gasteiger partial charge in [-0.15, -0.1) is 0 Å². The molecule has 0 saturated heterocycles. The molecule has 1 atom stereocenters. The summed E-state index contributed by atoms with van der Waals surface area (Å²) in [6.45, 7) is 1.99. The third-order valence-electron chi connectivity index (χ3n) is 3.15. The first-order valence-corrected chi connectivity index (χ1v) is 5.81. The van der Waals surface area contributed by atoms with E-state index in [1.165, 1.54) is 0 Å². The third kappa shape index (κ3) is 2.49. The number of ketones is 1. The minimum Gasteiger partial charge on any atom is -0.465 e. The van der Waals surface area contributed by atoms with Crippen molar-refractivity contribution in [3.8, 4) is 0 Å². The molecular weight excluding hydrogens is 208 g/mol. The van der Waals surface area contributed by atoms with Crippen LogP contribution in [-0.4, -0.2) is 24.6 Å². The zero-order valence-electron chi connectivity index (χ0n) is 9.66. The van der Waals surface area contributed by atoms with Crippen LogP contribution in [0.1, 0.15) is 45.4 Å². The Morgan fingerprint density at radius 3 is 2.81 bits per heavy atom. The number of carbonyl (C=O) groups excluding carboxylic acids is 3. The maximum atomic E-state index is 11.9. The standard InChI is InChI=1S/C12H18O4/c1-2-16-11(15)12(8-5-9-13)7-4-3-6-10(12)14/h9H,2-8H2,1H3/t12-/m1/s1. The lowest BCUT2D eigenvalue weighted by molar-refractivity contribution is -0.162. The molecule has 0 heterocycles. The van der Waals surface area contributed by atoms with E-state index in [0.29, 0.717) is 19.3 Å². The van der Waals surface area contributed by atoms with E-state index in [2.05, 4.69) is 0 Å². The summed E-state index contributed by atoms with van der Waals surface area (Å²) in [6, 6.07) is 0. The largest absolute Gasteiger partial charge is 0.465 e. The zero-order valence-corrected chi connectivity index (χ0v) is 9.66. The van der Waals surface area contributed by atoms with Gasteiger partial charge in [0.25, 0.3) is 0 Å². The fraction of sp³-hybridized carbons (Fsp3) is 0.750. The van der Waals surface area contributed by atoms with Crippen LogP contribution in [0.25, 0.3) is 0 Å². The van der Waals surface area contributed by atoms with E-state index in [1.54, 1.807) is 6.92 Å². The summed E-state index contributed by atoms with van der Waals surface area (Å²) in [5.41, 5.74) is -1.03. The molecule has 4 heteroatoms. The van der Waals surface area contributed by atoms with E-state index in [9.17, 15) is 14.4 Å². The van der Waals surface area contributed by atoms with Crippen molar-refractivity contribution in [2.75, 3.05) is 6.61 Å². The van der Waals surface area contributed by atoms with Crippen molar-refractivity contribution in [3.05, 3.63) is 0 Å². The molecule has 0 aromatic rings. The smallest absolute Gasteiger partial charge is 0.319 e. The maximum Gasteiger partial charge on any atom is 0.319 e. The highest BCUT2D eigenvalue weighted by molar-refractivity contribution is 6.04. The Morgan fingerprint density at radius 2 is 2.25 bits per heavy atom. The molecule has 0 bridgehead atoms. The van der Waals surface area contributed by atoms with Gasteiger partial charge in [-0.05, 0) is 26.2 Å². The first-order valence-electron chi connectivity index (χ1n) is 5.81. The number of hydrogen-bond acceptors (Lipinski definition) is 4. The summed E-state index contributed by atoms with van der Waals surface area (Å²) in [5, 5.41) is 0. The monoisotopic (exact) mass is 226 g/mol. The van der Waals surface area contributed by atoms with Gasteiger partial charge >= 0.3 is 5.97 Å². The average Bonchev–Trinajstić information content (AvgIpc) is 2.28. The number of Topliss-reactive ketones (excluding diaryl/α,β-unsaturated/α-hetero) is 1. The molecule has 0 N–H and O–H groups in total. The lowest BCUT2D eigenvalue weighted by atomic mass is 9.70. The van der Waals surface area contributed by atoms with E-state index < -0.39 is 11.4 Å². The van der Waals surface area contributed by atoms with Crippen LogP contribution in [0.2, 0.25) is 0 Å². The highest BCUT2D eigenvalue weighted by Crippen LogP contribution is 2.38. The van der Waals surface area contributed by atoms with E-state index in [0.717, 1.165) is 19.1 Å². The molecule has 1 saturated carbocycles. The summed E-state index contributed by atoms with van der Waals surface area (Å²) < 4.78 is 4.98. The molecule has 1 aliphatic rings. The molecule has 0 aromatic heterocycles. The number of ether oxygens (including phenoxy) is 1. The molecule has 90 valence electrons. The Morgan fingerprint density at radius 1 is 1.50 bits per heavy atom. The number of rotatable bonds is 5. The first kappa shape index (κ1) is 12.9. The predicted molar refractivity (Wildman–Crippen MR) is 57.8 cm³/mol. The van der Waals surface area contributed by atoms with Gasteiger partial charge in [0.05, 0.1) is 6.61 Å². The van der Waals surface area contributed by atoms with Gasteiger partial charge < -0.3 is 9.53 Å². The summed E-state index contributed by atoms with van der Waals surface area (Å²) >= 11 is 0. The summed E-state index contributed by atoms with van der Waals surface area (Å²) in [4.78, 5) is 34.2. The number of hydrogen-bond donors (Lipinski definition) is 0. The molecule has 16 heavy (non-hydrogen) atoms. The van der Waals surface area contributed by atoms with Crippen molar-refractivity contribution < 1.29 is 19.1 Å². The van der Waals surface area contributed by atoms with Gasteiger partial charge in [-0.2, -0.15) is 0 Å². The quantitative estimate of drug-likeness (QED) is 0.406. The first-order chi connectivity index (χ1) is 7.67. The molecule has 0 amide bonds. The van der Waals surface area contributed by atoms with Crippen LogP contribution >= 0.6 is 0 Å². The molecule has 0 spiro atoms. The van der Waals surface area contributed by atoms with Crippen molar-refractivity contribution in [2.45, 2.75) is 45.4 Å². The highest BCUT2D eigenvalue weighted by Gasteiger charge is 2.47. The Kier molecular flexibility index (Phi) is 4.65. The third-order valence-corrected chi connectivity index (χ3v) is 3.15. The molecule has 4 nitrogen and oxygen atoms in total. The fourth-order valence-electron chi connectivity index (χ4n) is 2.25. The summed E-state index contributed by atoms with van der Waals surface area (Å²) in [7, 11) is 0. The molecule has 0 aromatic carbocycles. The van der Waals surface area contributed by atoms with Crippen LogP contribution < -0.4 is 0 Å². The SMILES string of the molecule is CCOC(=O)[C@@]1(CCC=O)CCCCC1=O. The predicted octanol–water partition coefficient (Wildman–Crippen LogP) is 1.66. The molecule has 1 rings (SSSR count). The summed E-state index contributed by atoms with van der Waals surface area (Å²) in [6.07, 6.45) is 3.93. The fourth-order valence-corrected chi connectivity index (χ4v) is 2.25. The van der Waals surface area contributed by atoms with Crippen molar-refractivity contribution in [1.82, 2.24) is 0 Å². The molecule has 1 fully saturated rings. The minimum absolute atomic E-state index is 0.0564. The lowest BCUT2D eigenvalue weighted by Gasteiger charge is -2.32. The zero-order chi connectivity index (χ0) is 12.0. The van der Waals surface area contributed by atoms with Crippen molar-refractivity contribution in [2.24, 2.45) is 5.41 Å². The van der Waals surface area contributed by atoms with Crippen LogP contribution in [0.5, 0.6) is 0 Å². The van der Waals surface area contributed by atoms with Gasteiger partial charge in [0, 0.05) is 12.8 Å². The summed E-state index contributed by atoms with van der Waals surface area (Å²) in [5.74, 6) is -0.499. The van der Waals surface area contributed by atoms with E-state index in [1.807, 2.05) is 0 Å². The Bertz CT molecular complexity index is 285. The Balaban J connectivity index is 2.85. The Hall–Kier alpha value is -1.19. The van der Waals surface area contributed by atoms with E-state index >= 15 is 0 Å². The van der Waals surface area contributed by atoms with E-state index in [4.69, 9.17) is 4.74 Å². The number of carbonyl (C=O) groups is 3. The second-order valence-electron chi connectivity index (χ2n) is 4.14. The van der Waals surface area contributed by atoms with Crippen LogP contribution in [0.3, 0.4) is 0 Å². The van der Waals surface area contributed by atoms with E-state index in [-0.39, 0.29) is 18.8 Å². The molecule has 0 unspecified atom stereocenters. The Labute approximate surface area is 95.3 Å². The normalized spacial score (nSPS) is 25.2. The minimum atomic E-state index is -1.03. The van der Waals surface area contributed by atoms with Gasteiger partial charge in [0.2, 0.25) is 0 Å². The van der Waals surface area contributed by atoms with Gasteiger partial charge in [-0.1, -0.05) is 6.42 Å². The van der Waals surface area contributed by atoms with Crippen LogP contribution in [0.15, 0.2) is 0 Å². The maximum absolute atomic E-state index is 11.9. The number of esters is 1. The van der Waals surface area contributed by atoms with Gasteiger partial charge in [0.1, 0.15) is 17.5 Å². The van der Waals surface area contributed by atoms with Gasteiger partial charge in [0.15, 0.2) is 0 Å². The van der Waals surface area contributed by atoms with Gasteiger partial charge in [-0.25, -0.2) is 0 Å².